The van der Waals surface area contributed by atoms with E-state index < -0.39 is 5.91 Å². The summed E-state index contributed by atoms with van der Waals surface area (Å²) in [6.07, 6.45) is 1.19. The van der Waals surface area contributed by atoms with Crippen molar-refractivity contribution in [2.75, 3.05) is 11.9 Å². The van der Waals surface area contributed by atoms with Crippen molar-refractivity contribution < 1.29 is 9.53 Å². The summed E-state index contributed by atoms with van der Waals surface area (Å²) in [4.78, 5) is 15.6. The molecule has 0 radical (unpaired) electrons. The molecule has 1 amide bonds. The predicted octanol–water partition coefficient (Wildman–Crippen LogP) is 0.0154. The minimum Gasteiger partial charge on any atom is -0.376 e. The number of hydrogen-bond donors (Lipinski definition) is 3. The Morgan fingerprint density at radius 3 is 3.05 bits per heavy atom. The molecule has 1 saturated carbocycles. The Morgan fingerprint density at radius 2 is 2.32 bits per heavy atom. The van der Waals surface area contributed by atoms with Crippen LogP contribution in [0.2, 0.25) is 0 Å². The highest BCUT2D eigenvalue weighted by atomic mass is 16.5. The molecule has 2 fully saturated rings. The number of rotatable bonds is 3. The van der Waals surface area contributed by atoms with Crippen molar-refractivity contribution in [3.63, 3.8) is 0 Å². The van der Waals surface area contributed by atoms with E-state index in [9.17, 15) is 4.79 Å². The molecule has 3 rings (SSSR count). The van der Waals surface area contributed by atoms with Crippen molar-refractivity contribution in [2.24, 2.45) is 17.4 Å². The van der Waals surface area contributed by atoms with Crippen LogP contribution in [0.1, 0.15) is 22.5 Å². The van der Waals surface area contributed by atoms with Crippen LogP contribution in [0.5, 0.6) is 0 Å². The number of hydrogen-bond acceptors (Lipinski definition) is 5. The molecule has 102 valence electrons. The largest absolute Gasteiger partial charge is 0.376 e. The molecule has 4 atom stereocenters. The van der Waals surface area contributed by atoms with E-state index >= 15 is 0 Å². The number of primary amides is 1. The fraction of sp³-hybridized carbons (Fsp3) is 0.538. The van der Waals surface area contributed by atoms with Crippen LogP contribution < -0.4 is 16.8 Å². The predicted molar refractivity (Wildman–Crippen MR) is 70.7 cm³/mol. The monoisotopic (exact) mass is 262 g/mol. The van der Waals surface area contributed by atoms with Gasteiger partial charge in [-0.25, -0.2) is 4.98 Å². The summed E-state index contributed by atoms with van der Waals surface area (Å²) in [5.41, 5.74) is 12.6. The van der Waals surface area contributed by atoms with Gasteiger partial charge in [0, 0.05) is 29.8 Å². The molecule has 2 aliphatic rings. The Hall–Kier alpha value is -1.66. The highest BCUT2D eigenvalue weighted by Crippen LogP contribution is 2.39. The number of nitrogens with zero attached hydrogens (tertiary/aromatic N) is 1. The SMILES string of the molecule is Cc1cc(C(N)=O)cc(NC2C(N)C3CCOC32)n1. The second-order valence-corrected chi connectivity index (χ2v) is 5.28. The molecule has 1 saturated heterocycles. The maximum Gasteiger partial charge on any atom is 0.248 e. The quantitative estimate of drug-likeness (QED) is 0.712. The lowest BCUT2D eigenvalue weighted by Gasteiger charge is -2.45. The van der Waals surface area contributed by atoms with Crippen LogP contribution in [-0.2, 0) is 4.74 Å². The first-order valence-corrected chi connectivity index (χ1v) is 6.48. The van der Waals surface area contributed by atoms with Crippen LogP contribution >= 0.6 is 0 Å². The van der Waals surface area contributed by atoms with Crippen molar-refractivity contribution in [1.82, 2.24) is 4.98 Å². The average Bonchev–Trinajstić information content (AvgIpc) is 2.80. The summed E-state index contributed by atoms with van der Waals surface area (Å²) in [5.74, 6) is 0.613. The maximum atomic E-state index is 11.2. The molecule has 0 bridgehead atoms. The van der Waals surface area contributed by atoms with E-state index in [1.54, 1.807) is 12.1 Å². The number of ether oxygens (including phenoxy) is 1. The third-order valence-corrected chi connectivity index (χ3v) is 4.00. The van der Waals surface area contributed by atoms with Crippen LogP contribution in [0.15, 0.2) is 12.1 Å². The second kappa shape index (κ2) is 4.47. The van der Waals surface area contributed by atoms with Gasteiger partial charge >= 0.3 is 0 Å². The summed E-state index contributed by atoms with van der Waals surface area (Å²) in [5, 5.41) is 3.27. The lowest BCUT2D eigenvalue weighted by atomic mass is 9.72. The fourth-order valence-electron chi connectivity index (χ4n) is 2.98. The van der Waals surface area contributed by atoms with Crippen LogP contribution in [-0.4, -0.2) is 35.7 Å². The van der Waals surface area contributed by atoms with E-state index in [4.69, 9.17) is 16.2 Å². The van der Waals surface area contributed by atoms with Crippen molar-refractivity contribution in [1.29, 1.82) is 0 Å². The van der Waals surface area contributed by atoms with Gasteiger partial charge in [-0.1, -0.05) is 0 Å². The minimum absolute atomic E-state index is 0.0579. The van der Waals surface area contributed by atoms with Crippen molar-refractivity contribution >= 4 is 11.7 Å². The molecule has 4 unspecified atom stereocenters. The van der Waals surface area contributed by atoms with Gasteiger partial charge in [0.1, 0.15) is 5.82 Å². The van der Waals surface area contributed by atoms with E-state index in [1.807, 2.05) is 6.92 Å². The second-order valence-electron chi connectivity index (χ2n) is 5.28. The van der Waals surface area contributed by atoms with Gasteiger partial charge in [0.05, 0.1) is 12.1 Å². The molecule has 19 heavy (non-hydrogen) atoms. The number of aryl methyl sites for hydroxylation is 1. The maximum absolute atomic E-state index is 11.2. The molecule has 6 nitrogen and oxygen atoms in total. The molecule has 1 aliphatic heterocycles. The van der Waals surface area contributed by atoms with Crippen LogP contribution in [0.4, 0.5) is 5.82 Å². The molecule has 1 aliphatic carbocycles. The van der Waals surface area contributed by atoms with Gasteiger partial charge in [0.25, 0.3) is 0 Å². The number of pyridine rings is 1. The standard InChI is InChI=1S/C13H18N4O2/c1-6-4-7(13(15)18)5-9(16-6)17-11-10(14)8-2-3-19-12(8)11/h4-5,8,10-12H,2-3,14H2,1H3,(H2,15,18)(H,16,17). The number of amides is 1. The molecular weight excluding hydrogens is 244 g/mol. The molecular formula is C13H18N4O2. The highest BCUT2D eigenvalue weighted by Gasteiger charge is 2.52. The summed E-state index contributed by atoms with van der Waals surface area (Å²) >= 11 is 0. The molecule has 6 heteroatoms. The Morgan fingerprint density at radius 1 is 1.53 bits per heavy atom. The van der Waals surface area contributed by atoms with Crippen molar-refractivity contribution in [2.45, 2.75) is 31.5 Å². The normalized spacial score (nSPS) is 32.5. The fourth-order valence-corrected chi connectivity index (χ4v) is 2.98. The third kappa shape index (κ3) is 2.06. The Kier molecular flexibility index (Phi) is 2.91. The molecule has 5 N–H and O–H groups in total. The molecule has 0 spiro atoms. The van der Waals surface area contributed by atoms with Crippen LogP contribution in [0.25, 0.3) is 0 Å². The summed E-state index contributed by atoms with van der Waals surface area (Å²) < 4.78 is 5.65. The highest BCUT2D eigenvalue weighted by molar-refractivity contribution is 5.93. The Balaban J connectivity index is 1.78. The number of aromatic nitrogens is 1. The van der Waals surface area contributed by atoms with E-state index in [1.165, 1.54) is 0 Å². The topological polar surface area (TPSA) is 103 Å². The number of nitrogens with one attached hydrogen (secondary N) is 1. The van der Waals surface area contributed by atoms with Gasteiger partial charge in [0.2, 0.25) is 5.91 Å². The Labute approximate surface area is 111 Å². The number of carbonyl (C=O) groups is 1. The van der Waals surface area contributed by atoms with Crippen molar-refractivity contribution in [3.8, 4) is 0 Å². The number of carbonyl (C=O) groups excluding carboxylic acids is 1. The molecule has 0 aromatic carbocycles. The summed E-state index contributed by atoms with van der Waals surface area (Å²) in [6.45, 7) is 2.60. The third-order valence-electron chi connectivity index (χ3n) is 4.00. The Bertz CT molecular complexity index is 519. The first-order valence-electron chi connectivity index (χ1n) is 6.48. The smallest absolute Gasteiger partial charge is 0.248 e. The summed E-state index contributed by atoms with van der Waals surface area (Å²) in [6, 6.07) is 3.46. The van der Waals surface area contributed by atoms with Gasteiger partial charge < -0.3 is 21.5 Å². The lowest BCUT2D eigenvalue weighted by Crippen LogP contribution is -2.65. The van der Waals surface area contributed by atoms with E-state index in [0.717, 1.165) is 18.7 Å². The van der Waals surface area contributed by atoms with Gasteiger partial charge in [-0.15, -0.1) is 0 Å². The van der Waals surface area contributed by atoms with Crippen LogP contribution in [0, 0.1) is 12.8 Å². The van der Waals surface area contributed by atoms with E-state index in [-0.39, 0.29) is 18.2 Å². The van der Waals surface area contributed by atoms with E-state index in [2.05, 4.69) is 10.3 Å². The first kappa shape index (κ1) is 12.4. The lowest BCUT2D eigenvalue weighted by molar-refractivity contribution is 0.00523. The summed E-state index contributed by atoms with van der Waals surface area (Å²) in [7, 11) is 0. The van der Waals surface area contributed by atoms with E-state index in [0.29, 0.717) is 17.3 Å². The molecule has 1 aromatic rings. The first-order chi connectivity index (χ1) is 9.06. The molecule has 2 heterocycles. The zero-order chi connectivity index (χ0) is 13.6. The number of fused-ring (bicyclic) bond motifs is 1. The minimum atomic E-state index is -0.457. The average molecular weight is 262 g/mol. The van der Waals surface area contributed by atoms with Gasteiger partial charge in [0.15, 0.2) is 0 Å². The number of nitrogens with two attached hydrogens (primary N) is 2. The van der Waals surface area contributed by atoms with Crippen molar-refractivity contribution in [3.05, 3.63) is 23.4 Å². The zero-order valence-electron chi connectivity index (χ0n) is 10.8. The number of anilines is 1. The zero-order valence-corrected chi connectivity index (χ0v) is 10.8. The van der Waals surface area contributed by atoms with Gasteiger partial charge in [-0.2, -0.15) is 0 Å². The van der Waals surface area contributed by atoms with Crippen LogP contribution in [0.3, 0.4) is 0 Å². The molecule has 1 aromatic heterocycles. The van der Waals surface area contributed by atoms with Gasteiger partial charge in [-0.05, 0) is 25.5 Å². The van der Waals surface area contributed by atoms with Gasteiger partial charge in [-0.3, -0.25) is 4.79 Å².